The van der Waals surface area contributed by atoms with Gasteiger partial charge in [-0.25, -0.2) is 13.2 Å². The van der Waals surface area contributed by atoms with Crippen molar-refractivity contribution in [3.8, 4) is 0 Å². The molecule has 0 saturated carbocycles. The molecule has 0 aliphatic carbocycles. The van der Waals surface area contributed by atoms with Crippen molar-refractivity contribution in [3.05, 3.63) is 29.3 Å². The third kappa shape index (κ3) is 4.60. The van der Waals surface area contributed by atoms with Crippen LogP contribution in [0, 0.1) is 6.92 Å². The van der Waals surface area contributed by atoms with Gasteiger partial charge in [0.25, 0.3) is 5.91 Å². The molecule has 2 atom stereocenters. The summed E-state index contributed by atoms with van der Waals surface area (Å²) in [5.74, 6) is -0.904. The highest BCUT2D eigenvalue weighted by atomic mass is 32.2. The Morgan fingerprint density at radius 1 is 1.20 bits per heavy atom. The van der Waals surface area contributed by atoms with Gasteiger partial charge in [0.1, 0.15) is 0 Å². The number of nitrogens with zero attached hydrogens (tertiary/aromatic N) is 1. The van der Waals surface area contributed by atoms with Gasteiger partial charge in [-0.3, -0.25) is 4.79 Å². The molecular weight excluding hydrogens is 342 g/mol. The van der Waals surface area contributed by atoms with Gasteiger partial charge in [-0.1, -0.05) is 6.07 Å². The van der Waals surface area contributed by atoms with E-state index in [0.29, 0.717) is 5.56 Å². The molecule has 1 heterocycles. The van der Waals surface area contributed by atoms with Gasteiger partial charge in [-0.15, -0.1) is 0 Å². The number of carbonyl (C=O) groups is 2. The van der Waals surface area contributed by atoms with Crippen molar-refractivity contribution in [3.63, 3.8) is 0 Å². The van der Waals surface area contributed by atoms with Crippen molar-refractivity contribution in [1.29, 1.82) is 0 Å². The molecule has 7 heteroatoms. The minimum atomic E-state index is -3.42. The van der Waals surface area contributed by atoms with Crippen LogP contribution in [0.2, 0.25) is 0 Å². The highest BCUT2D eigenvalue weighted by molar-refractivity contribution is 7.90. The lowest BCUT2D eigenvalue weighted by Gasteiger charge is -2.38. The first-order valence-electron chi connectivity index (χ1n) is 8.40. The van der Waals surface area contributed by atoms with E-state index in [1.807, 2.05) is 13.8 Å². The Morgan fingerprint density at radius 3 is 2.36 bits per heavy atom. The normalized spacial score (nSPS) is 21.0. The molecule has 2 rings (SSSR count). The number of likely N-dealkylation sites (tertiary alicyclic amines) is 1. The van der Waals surface area contributed by atoms with Crippen molar-refractivity contribution in [1.82, 2.24) is 4.90 Å². The fourth-order valence-corrected chi connectivity index (χ4v) is 3.89. The van der Waals surface area contributed by atoms with Gasteiger partial charge in [-0.2, -0.15) is 0 Å². The Hall–Kier alpha value is -1.89. The van der Waals surface area contributed by atoms with Crippen molar-refractivity contribution >= 4 is 21.7 Å². The second kappa shape index (κ2) is 7.56. The summed E-state index contributed by atoms with van der Waals surface area (Å²) in [6, 6.07) is 4.56. The highest BCUT2D eigenvalue weighted by Gasteiger charge is 2.29. The van der Waals surface area contributed by atoms with Crippen LogP contribution < -0.4 is 0 Å². The van der Waals surface area contributed by atoms with E-state index in [4.69, 9.17) is 4.74 Å². The van der Waals surface area contributed by atoms with E-state index in [2.05, 4.69) is 0 Å². The summed E-state index contributed by atoms with van der Waals surface area (Å²) in [6.07, 6.45) is 4.05. The summed E-state index contributed by atoms with van der Waals surface area (Å²) < 4.78 is 28.5. The summed E-state index contributed by atoms with van der Waals surface area (Å²) >= 11 is 0. The molecular formula is C18H25NO5S. The Bertz CT molecular complexity index is 762. The number of sulfone groups is 1. The Balaban J connectivity index is 2.09. The number of rotatable bonds is 4. The SMILES string of the molecule is Cc1ccc(S(C)(=O)=O)cc1C(=O)OCC(=O)N1[C@H](C)CCC[C@@H]1C. The van der Waals surface area contributed by atoms with Gasteiger partial charge in [0, 0.05) is 18.3 Å². The molecule has 1 saturated heterocycles. The second-order valence-electron chi connectivity index (χ2n) is 6.75. The van der Waals surface area contributed by atoms with E-state index in [-0.39, 0.29) is 35.1 Å². The standard InChI is InChI=1S/C18H25NO5S/c1-12-8-9-15(25(4,22)23)10-16(12)18(21)24-11-17(20)19-13(2)6-5-7-14(19)3/h8-10,13-14H,5-7,11H2,1-4H3/t13-,14+. The van der Waals surface area contributed by atoms with Crippen LogP contribution in [0.3, 0.4) is 0 Å². The molecule has 0 radical (unpaired) electrons. The molecule has 1 aromatic carbocycles. The summed E-state index contributed by atoms with van der Waals surface area (Å²) in [4.78, 5) is 26.6. The van der Waals surface area contributed by atoms with Crippen LogP contribution in [0.1, 0.15) is 49.0 Å². The zero-order chi connectivity index (χ0) is 18.8. The number of aryl methyl sites for hydroxylation is 1. The van der Waals surface area contributed by atoms with E-state index in [1.165, 1.54) is 12.1 Å². The smallest absolute Gasteiger partial charge is 0.338 e. The van der Waals surface area contributed by atoms with Crippen LogP contribution in [0.15, 0.2) is 23.1 Å². The Kier molecular flexibility index (Phi) is 5.87. The minimum absolute atomic E-state index is 0.0506. The maximum atomic E-state index is 12.4. The van der Waals surface area contributed by atoms with Crippen LogP contribution in [-0.4, -0.2) is 50.1 Å². The summed E-state index contributed by atoms with van der Waals surface area (Å²) in [6.45, 7) is 5.35. The predicted octanol–water partition coefficient (Wildman–Crippen LogP) is 2.34. The van der Waals surface area contributed by atoms with E-state index >= 15 is 0 Å². The molecule has 1 fully saturated rings. The molecule has 0 aromatic heterocycles. The maximum absolute atomic E-state index is 12.4. The number of carbonyl (C=O) groups excluding carboxylic acids is 2. The summed E-state index contributed by atoms with van der Waals surface area (Å²) in [5.41, 5.74) is 0.764. The first-order chi connectivity index (χ1) is 11.6. The minimum Gasteiger partial charge on any atom is -0.452 e. The maximum Gasteiger partial charge on any atom is 0.338 e. The van der Waals surface area contributed by atoms with Crippen molar-refractivity contribution in [2.24, 2.45) is 0 Å². The zero-order valence-electron chi connectivity index (χ0n) is 15.1. The molecule has 25 heavy (non-hydrogen) atoms. The van der Waals surface area contributed by atoms with E-state index in [0.717, 1.165) is 25.5 Å². The average molecular weight is 367 g/mol. The topological polar surface area (TPSA) is 80.7 Å². The van der Waals surface area contributed by atoms with Crippen LogP contribution in [-0.2, 0) is 19.4 Å². The van der Waals surface area contributed by atoms with Gasteiger partial charge in [0.15, 0.2) is 16.4 Å². The molecule has 0 spiro atoms. The van der Waals surface area contributed by atoms with Gasteiger partial charge in [0.05, 0.1) is 10.5 Å². The van der Waals surface area contributed by atoms with Gasteiger partial charge in [0.2, 0.25) is 0 Å². The molecule has 1 amide bonds. The summed E-state index contributed by atoms with van der Waals surface area (Å²) in [7, 11) is -3.42. The fourth-order valence-electron chi connectivity index (χ4n) is 3.24. The first kappa shape index (κ1) is 19.4. The number of esters is 1. The summed E-state index contributed by atoms with van der Waals surface area (Å²) in [5, 5.41) is 0. The molecule has 1 aromatic rings. The van der Waals surface area contributed by atoms with Crippen molar-refractivity contribution in [2.45, 2.75) is 57.0 Å². The van der Waals surface area contributed by atoms with Crippen LogP contribution in [0.25, 0.3) is 0 Å². The lowest BCUT2D eigenvalue weighted by molar-refractivity contribution is -0.140. The molecule has 6 nitrogen and oxygen atoms in total. The van der Waals surface area contributed by atoms with E-state index in [1.54, 1.807) is 17.9 Å². The van der Waals surface area contributed by atoms with E-state index < -0.39 is 15.8 Å². The van der Waals surface area contributed by atoms with E-state index in [9.17, 15) is 18.0 Å². The quantitative estimate of drug-likeness (QED) is 0.763. The zero-order valence-corrected chi connectivity index (χ0v) is 15.9. The van der Waals surface area contributed by atoms with Gasteiger partial charge < -0.3 is 9.64 Å². The van der Waals surface area contributed by atoms with Crippen LogP contribution >= 0.6 is 0 Å². The number of hydrogen-bond acceptors (Lipinski definition) is 5. The number of benzene rings is 1. The van der Waals surface area contributed by atoms with Gasteiger partial charge >= 0.3 is 5.97 Å². The highest BCUT2D eigenvalue weighted by Crippen LogP contribution is 2.23. The molecule has 1 aliphatic rings. The molecule has 0 N–H and O–H groups in total. The largest absolute Gasteiger partial charge is 0.452 e. The fraction of sp³-hybridized carbons (Fsp3) is 0.556. The average Bonchev–Trinajstić information content (AvgIpc) is 2.51. The van der Waals surface area contributed by atoms with Gasteiger partial charge in [-0.05, 0) is 57.7 Å². The predicted molar refractivity (Wildman–Crippen MR) is 94.2 cm³/mol. The van der Waals surface area contributed by atoms with Crippen molar-refractivity contribution in [2.75, 3.05) is 12.9 Å². The number of ether oxygens (including phenoxy) is 1. The molecule has 0 bridgehead atoms. The number of hydrogen-bond donors (Lipinski definition) is 0. The number of piperidine rings is 1. The second-order valence-corrected chi connectivity index (χ2v) is 8.77. The Labute approximate surface area is 149 Å². The first-order valence-corrected chi connectivity index (χ1v) is 10.3. The molecule has 138 valence electrons. The monoisotopic (exact) mass is 367 g/mol. The Morgan fingerprint density at radius 2 is 1.80 bits per heavy atom. The third-order valence-electron chi connectivity index (χ3n) is 4.67. The molecule has 1 aliphatic heterocycles. The number of amides is 1. The van der Waals surface area contributed by atoms with Crippen LogP contribution in [0.4, 0.5) is 0 Å². The lowest BCUT2D eigenvalue weighted by Crippen LogP contribution is -2.49. The third-order valence-corrected chi connectivity index (χ3v) is 5.78. The van der Waals surface area contributed by atoms with Crippen LogP contribution in [0.5, 0.6) is 0 Å². The molecule has 0 unspecified atom stereocenters. The lowest BCUT2D eigenvalue weighted by atomic mass is 9.97. The van der Waals surface area contributed by atoms with Crippen molar-refractivity contribution < 1.29 is 22.7 Å².